The lowest BCUT2D eigenvalue weighted by molar-refractivity contribution is 0.208. The van der Waals surface area contributed by atoms with Crippen LogP contribution in [0.5, 0.6) is 0 Å². The average Bonchev–Trinajstić information content (AvgIpc) is 2.31. The van der Waals surface area contributed by atoms with Crippen molar-refractivity contribution < 1.29 is 4.79 Å². The molecule has 1 aromatic rings. The number of nitriles is 1. The van der Waals surface area contributed by atoms with Gasteiger partial charge in [0.25, 0.3) is 0 Å². The number of nitrogens with one attached hydrogen (secondary N) is 1. The predicted molar refractivity (Wildman–Crippen MR) is 67.9 cm³/mol. The van der Waals surface area contributed by atoms with E-state index in [1.807, 2.05) is 13.0 Å². The van der Waals surface area contributed by atoms with Crippen molar-refractivity contribution >= 4 is 23.3 Å². The molecule has 4 nitrogen and oxygen atoms in total. The molecule has 1 atom stereocenters. The molecule has 0 aromatic heterocycles. The first kappa shape index (κ1) is 13.3. The van der Waals surface area contributed by atoms with Gasteiger partial charge in [-0.2, -0.15) is 5.26 Å². The zero-order valence-electron chi connectivity index (χ0n) is 9.77. The maximum atomic E-state index is 11.8. The van der Waals surface area contributed by atoms with Crippen LogP contribution in [-0.4, -0.2) is 24.0 Å². The molecule has 90 valence electrons. The monoisotopic (exact) mass is 251 g/mol. The number of carbonyl (C=O) groups excluding carboxylic acids is 1. The molecule has 0 aliphatic rings. The van der Waals surface area contributed by atoms with Crippen LogP contribution >= 0.6 is 11.6 Å². The Bertz CT molecular complexity index is 424. The average molecular weight is 252 g/mol. The molecule has 0 saturated heterocycles. The van der Waals surface area contributed by atoms with Crippen LogP contribution in [0.3, 0.4) is 0 Å². The number of carbonyl (C=O) groups is 1. The molecule has 1 unspecified atom stereocenters. The predicted octanol–water partition coefficient (Wildman–Crippen LogP) is 3.11. The summed E-state index contributed by atoms with van der Waals surface area (Å²) in [5.74, 6) is 0. The second-order valence-electron chi connectivity index (χ2n) is 3.76. The minimum absolute atomic E-state index is 0.118. The number of benzene rings is 1. The van der Waals surface area contributed by atoms with Gasteiger partial charge >= 0.3 is 6.03 Å². The molecular weight excluding hydrogens is 238 g/mol. The summed E-state index contributed by atoms with van der Waals surface area (Å²) in [7, 11) is 1.66. The molecule has 17 heavy (non-hydrogen) atoms. The molecule has 0 bridgehead atoms. The Balaban J connectivity index is 2.60. The third-order valence-corrected chi connectivity index (χ3v) is 2.72. The zero-order valence-corrected chi connectivity index (χ0v) is 10.5. The van der Waals surface area contributed by atoms with Gasteiger partial charge in [0.05, 0.1) is 12.5 Å². The Morgan fingerprint density at radius 1 is 1.53 bits per heavy atom. The van der Waals surface area contributed by atoms with Gasteiger partial charge in [0.1, 0.15) is 0 Å². The van der Waals surface area contributed by atoms with Crippen LogP contribution in [0.1, 0.15) is 13.3 Å². The van der Waals surface area contributed by atoms with E-state index in [1.54, 1.807) is 31.3 Å². The minimum atomic E-state index is -0.241. The minimum Gasteiger partial charge on any atom is -0.324 e. The third kappa shape index (κ3) is 3.97. The smallest absolute Gasteiger partial charge is 0.321 e. The second kappa shape index (κ2) is 6.12. The van der Waals surface area contributed by atoms with Crippen LogP contribution < -0.4 is 5.32 Å². The summed E-state index contributed by atoms with van der Waals surface area (Å²) in [6, 6.07) is 8.54. The lowest BCUT2D eigenvalue weighted by atomic mass is 10.2. The van der Waals surface area contributed by atoms with Crippen molar-refractivity contribution in [1.29, 1.82) is 5.26 Å². The number of urea groups is 1. The van der Waals surface area contributed by atoms with E-state index in [9.17, 15) is 4.79 Å². The van der Waals surface area contributed by atoms with Crippen molar-refractivity contribution in [2.45, 2.75) is 19.4 Å². The molecular formula is C12H14ClN3O. The van der Waals surface area contributed by atoms with Gasteiger partial charge in [-0.3, -0.25) is 0 Å². The van der Waals surface area contributed by atoms with Crippen LogP contribution in [0.25, 0.3) is 0 Å². The molecule has 2 amide bonds. The molecule has 0 radical (unpaired) electrons. The Morgan fingerprint density at radius 3 is 2.65 bits per heavy atom. The number of anilines is 1. The van der Waals surface area contributed by atoms with E-state index < -0.39 is 0 Å². The number of hydrogen-bond acceptors (Lipinski definition) is 2. The molecule has 1 N–H and O–H groups in total. The highest BCUT2D eigenvalue weighted by Gasteiger charge is 2.15. The van der Waals surface area contributed by atoms with E-state index in [0.29, 0.717) is 17.1 Å². The summed E-state index contributed by atoms with van der Waals surface area (Å²) in [6.07, 6.45) is 0.310. The molecule has 0 aliphatic heterocycles. The summed E-state index contributed by atoms with van der Waals surface area (Å²) in [6.45, 7) is 1.82. The van der Waals surface area contributed by atoms with Crippen molar-refractivity contribution in [2.24, 2.45) is 0 Å². The molecule has 1 aromatic carbocycles. The quantitative estimate of drug-likeness (QED) is 0.897. The molecule has 0 aliphatic carbocycles. The Morgan fingerprint density at radius 2 is 2.12 bits per heavy atom. The van der Waals surface area contributed by atoms with Gasteiger partial charge in [0.15, 0.2) is 0 Å². The standard InChI is InChI=1S/C12H14ClN3O/c1-9(7-8-14)16(2)12(17)15-11-5-3-10(13)4-6-11/h3-6,9H,7H2,1-2H3,(H,15,17). The number of halogens is 1. The maximum Gasteiger partial charge on any atom is 0.321 e. The molecule has 0 spiro atoms. The summed E-state index contributed by atoms with van der Waals surface area (Å²) in [5, 5.41) is 11.9. The van der Waals surface area contributed by atoms with Gasteiger partial charge < -0.3 is 10.2 Å². The zero-order chi connectivity index (χ0) is 12.8. The summed E-state index contributed by atoms with van der Waals surface area (Å²) >= 11 is 5.74. The summed E-state index contributed by atoms with van der Waals surface area (Å²) < 4.78 is 0. The first-order chi connectivity index (χ1) is 8.04. The molecule has 0 heterocycles. The summed E-state index contributed by atoms with van der Waals surface area (Å²) in [4.78, 5) is 13.3. The Hall–Kier alpha value is -1.73. The largest absolute Gasteiger partial charge is 0.324 e. The first-order valence-corrected chi connectivity index (χ1v) is 5.58. The fourth-order valence-electron chi connectivity index (χ4n) is 1.21. The Kier molecular flexibility index (Phi) is 4.80. The van der Waals surface area contributed by atoms with Crippen molar-refractivity contribution in [3.8, 4) is 6.07 Å². The molecule has 5 heteroatoms. The number of amides is 2. The highest BCUT2D eigenvalue weighted by molar-refractivity contribution is 6.30. The molecule has 0 fully saturated rings. The van der Waals surface area contributed by atoms with Crippen LogP contribution in [0.4, 0.5) is 10.5 Å². The van der Waals surface area contributed by atoms with E-state index in [0.717, 1.165) is 0 Å². The third-order valence-electron chi connectivity index (χ3n) is 2.46. The maximum absolute atomic E-state index is 11.8. The van der Waals surface area contributed by atoms with Crippen LogP contribution in [-0.2, 0) is 0 Å². The first-order valence-electron chi connectivity index (χ1n) is 5.21. The van der Waals surface area contributed by atoms with Crippen LogP contribution in [0, 0.1) is 11.3 Å². The van der Waals surface area contributed by atoms with Gasteiger partial charge in [-0.1, -0.05) is 11.6 Å². The molecule has 0 saturated carbocycles. The van der Waals surface area contributed by atoms with E-state index in [1.165, 1.54) is 4.90 Å². The number of nitrogens with zero attached hydrogens (tertiary/aromatic N) is 2. The van der Waals surface area contributed by atoms with E-state index in [-0.39, 0.29) is 12.1 Å². The van der Waals surface area contributed by atoms with Gasteiger partial charge in [0.2, 0.25) is 0 Å². The SMILES string of the molecule is CC(CC#N)N(C)C(=O)Nc1ccc(Cl)cc1. The van der Waals surface area contributed by atoms with Crippen LogP contribution in [0.2, 0.25) is 5.02 Å². The highest BCUT2D eigenvalue weighted by atomic mass is 35.5. The lowest BCUT2D eigenvalue weighted by Gasteiger charge is -2.23. The fourth-order valence-corrected chi connectivity index (χ4v) is 1.34. The van der Waals surface area contributed by atoms with Crippen LogP contribution in [0.15, 0.2) is 24.3 Å². The molecule has 1 rings (SSSR count). The van der Waals surface area contributed by atoms with Crippen molar-refractivity contribution in [1.82, 2.24) is 4.90 Å². The van der Waals surface area contributed by atoms with Gasteiger partial charge in [0, 0.05) is 23.8 Å². The van der Waals surface area contributed by atoms with E-state index in [2.05, 4.69) is 5.32 Å². The van der Waals surface area contributed by atoms with E-state index >= 15 is 0 Å². The van der Waals surface area contributed by atoms with Gasteiger partial charge in [-0.25, -0.2) is 4.79 Å². The van der Waals surface area contributed by atoms with Crippen molar-refractivity contribution in [3.05, 3.63) is 29.3 Å². The van der Waals surface area contributed by atoms with Gasteiger partial charge in [-0.05, 0) is 31.2 Å². The lowest BCUT2D eigenvalue weighted by Crippen LogP contribution is -2.38. The Labute approximate surface area is 106 Å². The fraction of sp³-hybridized carbons (Fsp3) is 0.333. The van der Waals surface area contributed by atoms with Crippen molar-refractivity contribution in [2.75, 3.05) is 12.4 Å². The second-order valence-corrected chi connectivity index (χ2v) is 4.20. The number of hydrogen-bond donors (Lipinski definition) is 1. The summed E-state index contributed by atoms with van der Waals surface area (Å²) in [5.41, 5.74) is 0.676. The number of rotatable bonds is 3. The van der Waals surface area contributed by atoms with E-state index in [4.69, 9.17) is 16.9 Å². The topological polar surface area (TPSA) is 56.1 Å². The normalized spacial score (nSPS) is 11.4. The highest BCUT2D eigenvalue weighted by Crippen LogP contribution is 2.14. The van der Waals surface area contributed by atoms with Gasteiger partial charge in [-0.15, -0.1) is 0 Å². The van der Waals surface area contributed by atoms with Crippen molar-refractivity contribution in [3.63, 3.8) is 0 Å².